The number of Topliss-reactive ketones (excluding diaryl/α,β-unsaturated/α-hetero) is 1. The Morgan fingerprint density at radius 1 is 1.17 bits per heavy atom. The minimum absolute atomic E-state index is 0.0625. The first kappa shape index (κ1) is 20.5. The Morgan fingerprint density at radius 2 is 1.93 bits per heavy atom. The van der Waals surface area contributed by atoms with Crippen molar-refractivity contribution in [1.29, 1.82) is 0 Å². The molecule has 3 saturated carbocycles. The van der Waals surface area contributed by atoms with Crippen molar-refractivity contribution in [1.82, 2.24) is 0 Å². The van der Waals surface area contributed by atoms with Gasteiger partial charge in [0, 0.05) is 11.3 Å². The molecule has 0 saturated heterocycles. The molecule has 6 atom stereocenters. The van der Waals surface area contributed by atoms with Crippen LogP contribution in [0.4, 0.5) is 0 Å². The van der Waals surface area contributed by atoms with Crippen LogP contribution in [0.3, 0.4) is 0 Å². The minimum atomic E-state index is -2.20. The van der Waals surface area contributed by atoms with Gasteiger partial charge >= 0.3 is 5.97 Å². The van der Waals surface area contributed by atoms with Crippen molar-refractivity contribution in [3.05, 3.63) is 23.8 Å². The third-order valence-electron chi connectivity index (χ3n) is 8.51. The lowest BCUT2D eigenvalue weighted by Gasteiger charge is -2.56. The number of aliphatic hydroxyl groups excluding tert-OH is 1. The zero-order valence-electron chi connectivity index (χ0n) is 17.1. The molecule has 4 aliphatic carbocycles. The highest BCUT2D eigenvalue weighted by atomic mass is 16.6. The molecule has 3 fully saturated rings. The quantitative estimate of drug-likeness (QED) is 0.553. The molecule has 0 aromatic rings. The Kier molecular flexibility index (Phi) is 5.06. The van der Waals surface area contributed by atoms with E-state index in [0.717, 1.165) is 38.5 Å². The first-order valence-corrected chi connectivity index (χ1v) is 10.7. The Labute approximate surface area is 171 Å². The van der Waals surface area contributed by atoms with E-state index in [1.54, 1.807) is 6.08 Å². The number of carbonyl (C=O) groups is 3. The van der Waals surface area contributed by atoms with Crippen molar-refractivity contribution in [2.45, 2.75) is 58.7 Å². The predicted octanol–water partition coefficient (Wildman–Crippen LogP) is 2.33. The maximum atomic E-state index is 12.8. The predicted molar refractivity (Wildman–Crippen MR) is 104 cm³/mol. The van der Waals surface area contributed by atoms with Crippen LogP contribution < -0.4 is 0 Å². The summed E-state index contributed by atoms with van der Waals surface area (Å²) in [5, 5.41) is 17.7. The first-order chi connectivity index (χ1) is 13.7. The fourth-order valence-corrected chi connectivity index (χ4v) is 7.04. The average molecular weight is 402 g/mol. The maximum Gasteiger partial charge on any atom is 0.363 e. The first-order valence-electron chi connectivity index (χ1n) is 10.7. The van der Waals surface area contributed by atoms with Gasteiger partial charge in [0.2, 0.25) is 0 Å². The van der Waals surface area contributed by atoms with E-state index in [-0.39, 0.29) is 28.3 Å². The molecule has 0 spiro atoms. The maximum absolute atomic E-state index is 12.8. The van der Waals surface area contributed by atoms with E-state index in [9.17, 15) is 14.4 Å². The summed E-state index contributed by atoms with van der Waals surface area (Å²) in [4.78, 5) is 36.0. The van der Waals surface area contributed by atoms with Crippen LogP contribution in [-0.4, -0.2) is 40.6 Å². The lowest BCUT2D eigenvalue weighted by atomic mass is 9.47. The summed E-state index contributed by atoms with van der Waals surface area (Å²) in [5.41, 5.74) is 1.08. The molecule has 6 heteroatoms. The summed E-state index contributed by atoms with van der Waals surface area (Å²) in [6.07, 6.45) is 9.18. The molecule has 0 aromatic carbocycles. The number of rotatable bonds is 4. The van der Waals surface area contributed by atoms with Gasteiger partial charge in [-0.05, 0) is 73.8 Å². The molecule has 0 heterocycles. The van der Waals surface area contributed by atoms with Gasteiger partial charge in [0.15, 0.2) is 11.6 Å². The highest BCUT2D eigenvalue weighted by Crippen LogP contribution is 2.66. The van der Waals surface area contributed by atoms with Gasteiger partial charge in [-0.1, -0.05) is 25.5 Å². The topological polar surface area (TPSA) is 101 Å². The van der Waals surface area contributed by atoms with E-state index in [1.807, 2.05) is 6.08 Å². The lowest BCUT2D eigenvalue weighted by molar-refractivity contribution is -0.175. The van der Waals surface area contributed by atoms with Crippen molar-refractivity contribution in [2.75, 3.05) is 6.61 Å². The molecule has 158 valence electrons. The summed E-state index contributed by atoms with van der Waals surface area (Å²) in [6.45, 7) is 4.07. The lowest BCUT2D eigenvalue weighted by Crippen LogP contribution is -2.50. The molecule has 2 N–H and O–H groups in total. The van der Waals surface area contributed by atoms with E-state index >= 15 is 0 Å². The summed E-state index contributed by atoms with van der Waals surface area (Å²) in [6, 6.07) is 0. The molecule has 0 aliphatic heterocycles. The number of hydrogen-bond donors (Lipinski definition) is 2. The number of fused-ring (bicyclic) bond motifs is 5. The number of esters is 1. The summed E-state index contributed by atoms with van der Waals surface area (Å²) >= 11 is 0. The molecule has 6 nitrogen and oxygen atoms in total. The van der Waals surface area contributed by atoms with E-state index < -0.39 is 18.9 Å². The van der Waals surface area contributed by atoms with Crippen molar-refractivity contribution >= 4 is 17.5 Å². The van der Waals surface area contributed by atoms with Crippen LogP contribution >= 0.6 is 0 Å². The monoisotopic (exact) mass is 402 g/mol. The van der Waals surface area contributed by atoms with Crippen molar-refractivity contribution in [3.63, 3.8) is 0 Å². The fourth-order valence-electron chi connectivity index (χ4n) is 7.04. The molecule has 4 aliphatic rings. The van der Waals surface area contributed by atoms with Gasteiger partial charge in [0.25, 0.3) is 6.29 Å². The van der Waals surface area contributed by atoms with Crippen molar-refractivity contribution in [3.8, 4) is 0 Å². The van der Waals surface area contributed by atoms with E-state index in [2.05, 4.69) is 19.9 Å². The molecule has 29 heavy (non-hydrogen) atoms. The van der Waals surface area contributed by atoms with Crippen LogP contribution in [0, 0.1) is 34.5 Å². The van der Waals surface area contributed by atoms with Gasteiger partial charge in [-0.3, -0.25) is 9.59 Å². The zero-order valence-corrected chi connectivity index (χ0v) is 17.1. The van der Waals surface area contributed by atoms with Gasteiger partial charge in [0.05, 0.1) is 0 Å². The second-order valence-electron chi connectivity index (χ2n) is 9.73. The van der Waals surface area contributed by atoms with E-state index in [4.69, 9.17) is 14.9 Å². The second kappa shape index (κ2) is 7.17. The highest BCUT2D eigenvalue weighted by molar-refractivity contribution is 6.01. The number of ether oxygens (including phenoxy) is 1. The number of allylic oxidation sites excluding steroid dienone is 4. The van der Waals surface area contributed by atoms with Crippen LogP contribution in [0.15, 0.2) is 23.8 Å². The smallest absolute Gasteiger partial charge is 0.363 e. The number of aliphatic hydroxyl groups is 2. The van der Waals surface area contributed by atoms with E-state index in [0.29, 0.717) is 17.8 Å². The molecule has 0 aromatic heterocycles. The van der Waals surface area contributed by atoms with Gasteiger partial charge < -0.3 is 14.9 Å². The second-order valence-corrected chi connectivity index (χ2v) is 9.73. The van der Waals surface area contributed by atoms with Crippen molar-refractivity contribution < 1.29 is 29.3 Å². The molecule has 0 unspecified atom stereocenters. The van der Waals surface area contributed by atoms with Gasteiger partial charge in [0.1, 0.15) is 6.61 Å². The van der Waals surface area contributed by atoms with Crippen LogP contribution in [0.1, 0.15) is 52.4 Å². The third-order valence-corrected chi connectivity index (χ3v) is 8.51. The SMILES string of the molecule is C[C@]12CC[C@H]3[C@@H](CCC4=CC(=O)C=C[C@@]43C)[C@@H]1CC[C@@H]2C(=O)COC(=O)C(O)O. The van der Waals surface area contributed by atoms with Crippen LogP contribution in [0.2, 0.25) is 0 Å². The van der Waals surface area contributed by atoms with Crippen molar-refractivity contribution in [2.24, 2.45) is 34.5 Å². The molecule has 4 rings (SSSR count). The highest BCUT2D eigenvalue weighted by Gasteiger charge is 2.59. The fraction of sp³-hybridized carbons (Fsp3) is 0.696. The summed E-state index contributed by atoms with van der Waals surface area (Å²) in [5.74, 6) is 0.0809. The number of carbonyl (C=O) groups excluding carboxylic acids is 3. The standard InChI is InChI=1S/C23H30O6/c1-22-9-7-14(24)11-13(22)3-4-15-16-5-6-18(23(16,2)10-8-17(15)22)19(25)12-29-21(28)20(26)27/h7,9,11,15-18,20,26-27H,3-6,8,10,12H2,1-2H3/t15-,16-,17-,18+,22-,23-/m0/s1. The number of ketones is 2. The molecule has 0 radical (unpaired) electrons. The minimum Gasteiger partial charge on any atom is -0.454 e. The van der Waals surface area contributed by atoms with Gasteiger partial charge in [-0.25, -0.2) is 4.79 Å². The normalized spacial score (nSPS) is 40.7. The van der Waals surface area contributed by atoms with Crippen LogP contribution in [0.5, 0.6) is 0 Å². The van der Waals surface area contributed by atoms with Crippen LogP contribution in [0.25, 0.3) is 0 Å². The Hall–Kier alpha value is -1.79. The Bertz CT molecular complexity index is 795. The largest absolute Gasteiger partial charge is 0.454 e. The van der Waals surface area contributed by atoms with Gasteiger partial charge in [-0.2, -0.15) is 0 Å². The van der Waals surface area contributed by atoms with Crippen LogP contribution in [-0.2, 0) is 19.1 Å². The molecular weight excluding hydrogens is 372 g/mol. The third kappa shape index (κ3) is 3.21. The molecular formula is C23H30O6. The molecule has 0 bridgehead atoms. The average Bonchev–Trinajstić information content (AvgIpc) is 3.03. The number of hydrogen-bond acceptors (Lipinski definition) is 6. The Morgan fingerprint density at radius 3 is 2.66 bits per heavy atom. The van der Waals surface area contributed by atoms with Gasteiger partial charge in [-0.15, -0.1) is 0 Å². The Balaban J connectivity index is 1.51. The van der Waals surface area contributed by atoms with E-state index in [1.165, 1.54) is 5.57 Å². The zero-order chi connectivity index (χ0) is 21.0. The summed E-state index contributed by atoms with van der Waals surface area (Å²) < 4.78 is 4.77. The molecule has 0 amide bonds. The summed E-state index contributed by atoms with van der Waals surface area (Å²) in [7, 11) is 0.